The first kappa shape index (κ1) is 10.2. The van der Waals surface area contributed by atoms with Crippen LogP contribution in [0.3, 0.4) is 0 Å². The molecule has 1 unspecified atom stereocenters. The molecule has 2 heteroatoms. The second kappa shape index (κ2) is 5.73. The molecule has 2 N–H and O–H groups in total. The maximum atomic E-state index is 9.68. The summed E-state index contributed by atoms with van der Waals surface area (Å²) in [7, 11) is 0. The van der Waals surface area contributed by atoms with Crippen LogP contribution in [-0.2, 0) is 0 Å². The summed E-state index contributed by atoms with van der Waals surface area (Å²) in [6, 6.07) is 9.73. The monoisotopic (exact) mass is 179 g/mol. The Labute approximate surface area is 79.6 Å². The predicted octanol–water partition coefficient (Wildman–Crippen LogP) is 1.72. The molecule has 0 saturated carbocycles. The van der Waals surface area contributed by atoms with E-state index in [1.54, 1.807) is 0 Å². The Kier molecular flexibility index (Phi) is 4.50. The Hall–Kier alpha value is -0.860. The summed E-state index contributed by atoms with van der Waals surface area (Å²) in [6.45, 7) is 3.71. The van der Waals surface area contributed by atoms with E-state index < -0.39 is 0 Å². The molecule has 1 atom stereocenters. The van der Waals surface area contributed by atoms with Gasteiger partial charge < -0.3 is 10.4 Å². The van der Waals surface area contributed by atoms with Gasteiger partial charge >= 0.3 is 0 Å². The first-order valence-corrected chi connectivity index (χ1v) is 4.78. The van der Waals surface area contributed by atoms with Crippen LogP contribution in [-0.4, -0.2) is 18.2 Å². The van der Waals surface area contributed by atoms with Crippen LogP contribution in [0.2, 0.25) is 0 Å². The third-order valence-corrected chi connectivity index (χ3v) is 1.95. The van der Waals surface area contributed by atoms with Crippen molar-refractivity contribution in [2.45, 2.75) is 19.4 Å². The van der Waals surface area contributed by atoms with Gasteiger partial charge in [-0.2, -0.15) is 0 Å². The molecule has 0 spiro atoms. The van der Waals surface area contributed by atoms with E-state index in [4.69, 9.17) is 0 Å². The normalized spacial score (nSPS) is 12.8. The zero-order valence-electron chi connectivity index (χ0n) is 8.03. The van der Waals surface area contributed by atoms with E-state index >= 15 is 0 Å². The lowest BCUT2D eigenvalue weighted by molar-refractivity contribution is 0.175. The lowest BCUT2D eigenvalue weighted by atomic mass is 10.1. The van der Waals surface area contributed by atoms with Crippen molar-refractivity contribution in [3.63, 3.8) is 0 Å². The predicted molar refractivity (Wildman–Crippen MR) is 54.6 cm³/mol. The molecule has 0 saturated heterocycles. The number of hydrogen-bond donors (Lipinski definition) is 2. The summed E-state index contributed by atoms with van der Waals surface area (Å²) in [5.41, 5.74) is 0.978. The van der Waals surface area contributed by atoms with Gasteiger partial charge in [-0.05, 0) is 18.5 Å². The van der Waals surface area contributed by atoms with Crippen LogP contribution in [0, 0.1) is 0 Å². The number of benzene rings is 1. The molecule has 0 bridgehead atoms. The van der Waals surface area contributed by atoms with Crippen LogP contribution in [0.15, 0.2) is 30.3 Å². The molecule has 1 aromatic rings. The van der Waals surface area contributed by atoms with Gasteiger partial charge in [0.15, 0.2) is 0 Å². The molecule has 0 radical (unpaired) electrons. The smallest absolute Gasteiger partial charge is 0.0914 e. The fourth-order valence-electron chi connectivity index (χ4n) is 1.21. The standard InChI is InChI=1S/C11H17NO/c1-2-8-12-9-11(13)10-6-4-3-5-7-10/h3-7,11-13H,2,8-9H2,1H3. The molecule has 72 valence electrons. The fourth-order valence-corrected chi connectivity index (χ4v) is 1.21. The quantitative estimate of drug-likeness (QED) is 0.674. The number of nitrogens with one attached hydrogen (secondary N) is 1. The maximum Gasteiger partial charge on any atom is 0.0914 e. The van der Waals surface area contributed by atoms with E-state index in [1.807, 2.05) is 30.3 Å². The fraction of sp³-hybridized carbons (Fsp3) is 0.455. The first-order valence-electron chi connectivity index (χ1n) is 4.78. The summed E-state index contributed by atoms with van der Waals surface area (Å²) in [6.07, 6.45) is 0.717. The molecule has 0 fully saturated rings. The number of aliphatic hydroxyl groups is 1. The van der Waals surface area contributed by atoms with Crippen LogP contribution in [0.1, 0.15) is 25.0 Å². The third-order valence-electron chi connectivity index (χ3n) is 1.95. The van der Waals surface area contributed by atoms with Gasteiger partial charge in [-0.3, -0.25) is 0 Å². The van der Waals surface area contributed by atoms with Crippen LogP contribution in [0.25, 0.3) is 0 Å². The summed E-state index contributed by atoms with van der Waals surface area (Å²) < 4.78 is 0. The molecule has 0 aliphatic rings. The number of hydrogen-bond acceptors (Lipinski definition) is 2. The van der Waals surface area contributed by atoms with Gasteiger partial charge in [-0.1, -0.05) is 37.3 Å². The van der Waals surface area contributed by atoms with Crippen LogP contribution >= 0.6 is 0 Å². The van der Waals surface area contributed by atoms with Gasteiger partial charge in [0.2, 0.25) is 0 Å². The Morgan fingerprint density at radius 2 is 2.00 bits per heavy atom. The minimum Gasteiger partial charge on any atom is -0.387 e. The van der Waals surface area contributed by atoms with Gasteiger partial charge in [-0.15, -0.1) is 0 Å². The first-order chi connectivity index (χ1) is 6.34. The summed E-state index contributed by atoms with van der Waals surface area (Å²) >= 11 is 0. The van der Waals surface area contributed by atoms with Crippen molar-refractivity contribution < 1.29 is 5.11 Å². The van der Waals surface area contributed by atoms with Gasteiger partial charge in [0, 0.05) is 6.54 Å². The van der Waals surface area contributed by atoms with Gasteiger partial charge in [0.05, 0.1) is 6.10 Å². The van der Waals surface area contributed by atoms with E-state index in [0.29, 0.717) is 6.54 Å². The zero-order valence-corrected chi connectivity index (χ0v) is 8.03. The molecule has 2 nitrogen and oxygen atoms in total. The Morgan fingerprint density at radius 1 is 1.31 bits per heavy atom. The molecular weight excluding hydrogens is 162 g/mol. The molecule has 0 aliphatic heterocycles. The molecular formula is C11H17NO. The second-order valence-corrected chi connectivity index (χ2v) is 3.13. The van der Waals surface area contributed by atoms with Crippen molar-refractivity contribution >= 4 is 0 Å². The molecule has 0 aromatic heterocycles. The van der Waals surface area contributed by atoms with E-state index in [2.05, 4.69) is 12.2 Å². The van der Waals surface area contributed by atoms with Crippen molar-refractivity contribution in [1.82, 2.24) is 5.32 Å². The minimum atomic E-state index is -0.382. The van der Waals surface area contributed by atoms with Crippen molar-refractivity contribution in [1.29, 1.82) is 0 Å². The highest BCUT2D eigenvalue weighted by Crippen LogP contribution is 2.10. The van der Waals surface area contributed by atoms with Crippen molar-refractivity contribution in [2.24, 2.45) is 0 Å². The van der Waals surface area contributed by atoms with E-state index in [1.165, 1.54) is 0 Å². The molecule has 0 heterocycles. The molecule has 0 amide bonds. The highest BCUT2D eigenvalue weighted by Gasteiger charge is 2.04. The van der Waals surface area contributed by atoms with Gasteiger partial charge in [-0.25, -0.2) is 0 Å². The SMILES string of the molecule is CCCNCC(O)c1ccccc1. The van der Waals surface area contributed by atoms with E-state index in [9.17, 15) is 5.11 Å². The summed E-state index contributed by atoms with van der Waals surface area (Å²) in [5.74, 6) is 0. The Morgan fingerprint density at radius 3 is 2.62 bits per heavy atom. The Bertz CT molecular complexity index is 223. The highest BCUT2D eigenvalue weighted by molar-refractivity contribution is 5.17. The van der Waals surface area contributed by atoms with Crippen molar-refractivity contribution in [3.8, 4) is 0 Å². The van der Waals surface area contributed by atoms with Gasteiger partial charge in [0.25, 0.3) is 0 Å². The zero-order chi connectivity index (χ0) is 9.52. The molecule has 13 heavy (non-hydrogen) atoms. The van der Waals surface area contributed by atoms with Crippen molar-refractivity contribution in [2.75, 3.05) is 13.1 Å². The van der Waals surface area contributed by atoms with Crippen molar-refractivity contribution in [3.05, 3.63) is 35.9 Å². The largest absolute Gasteiger partial charge is 0.387 e. The maximum absolute atomic E-state index is 9.68. The average Bonchev–Trinajstić information content (AvgIpc) is 2.19. The second-order valence-electron chi connectivity index (χ2n) is 3.13. The van der Waals surface area contributed by atoms with Crippen LogP contribution < -0.4 is 5.32 Å². The lowest BCUT2D eigenvalue weighted by Crippen LogP contribution is -2.21. The Balaban J connectivity index is 2.35. The molecule has 1 rings (SSSR count). The molecule has 1 aromatic carbocycles. The average molecular weight is 179 g/mol. The highest BCUT2D eigenvalue weighted by atomic mass is 16.3. The van der Waals surface area contributed by atoms with E-state index in [0.717, 1.165) is 18.5 Å². The number of rotatable bonds is 5. The number of aliphatic hydroxyl groups excluding tert-OH is 1. The topological polar surface area (TPSA) is 32.3 Å². The van der Waals surface area contributed by atoms with Crippen LogP contribution in [0.4, 0.5) is 0 Å². The minimum absolute atomic E-state index is 0.382. The van der Waals surface area contributed by atoms with E-state index in [-0.39, 0.29) is 6.10 Å². The van der Waals surface area contributed by atoms with Crippen LogP contribution in [0.5, 0.6) is 0 Å². The lowest BCUT2D eigenvalue weighted by Gasteiger charge is -2.11. The summed E-state index contributed by atoms with van der Waals surface area (Å²) in [4.78, 5) is 0. The van der Waals surface area contributed by atoms with Gasteiger partial charge in [0.1, 0.15) is 0 Å². The molecule has 0 aliphatic carbocycles. The third kappa shape index (κ3) is 3.57. The summed E-state index contributed by atoms with van der Waals surface area (Å²) in [5, 5.41) is 12.9.